The summed E-state index contributed by atoms with van der Waals surface area (Å²) in [6.07, 6.45) is 7.25. The van der Waals surface area contributed by atoms with E-state index < -0.39 is 0 Å². The summed E-state index contributed by atoms with van der Waals surface area (Å²) in [6.45, 7) is 4.83. The number of nitrogens with zero attached hydrogens (tertiary/aromatic N) is 7. The summed E-state index contributed by atoms with van der Waals surface area (Å²) in [5.41, 5.74) is 2.53. The van der Waals surface area contributed by atoms with E-state index in [9.17, 15) is 0 Å². The molecule has 0 amide bonds. The molecular formula is C20H24N8O. The average Bonchev–Trinajstić information content (AvgIpc) is 3.33. The van der Waals surface area contributed by atoms with Gasteiger partial charge in [0.1, 0.15) is 11.6 Å². The van der Waals surface area contributed by atoms with Crippen molar-refractivity contribution in [2.45, 2.75) is 32.8 Å². The molecule has 0 fully saturated rings. The van der Waals surface area contributed by atoms with E-state index in [0.717, 1.165) is 41.4 Å². The normalized spacial score (nSPS) is 12.4. The molecule has 0 aromatic carbocycles. The molecule has 29 heavy (non-hydrogen) atoms. The molecule has 1 atom stereocenters. The number of ether oxygens (including phenoxy) is 1. The van der Waals surface area contributed by atoms with Crippen LogP contribution in [0.2, 0.25) is 0 Å². The maximum atomic E-state index is 5.76. The van der Waals surface area contributed by atoms with Crippen LogP contribution in [0, 0.1) is 0 Å². The lowest BCUT2D eigenvalue weighted by Crippen LogP contribution is -2.16. The molecule has 4 aromatic heterocycles. The molecular weight excluding hydrogens is 368 g/mol. The van der Waals surface area contributed by atoms with Crippen LogP contribution in [0.25, 0.3) is 16.9 Å². The van der Waals surface area contributed by atoms with E-state index in [2.05, 4.69) is 37.5 Å². The zero-order chi connectivity index (χ0) is 20.2. The minimum absolute atomic E-state index is 0.148. The van der Waals surface area contributed by atoms with Crippen molar-refractivity contribution in [2.75, 3.05) is 11.9 Å². The van der Waals surface area contributed by atoms with Gasteiger partial charge in [0.25, 0.3) is 0 Å². The van der Waals surface area contributed by atoms with Crippen LogP contribution in [0.5, 0.6) is 0 Å². The van der Waals surface area contributed by atoms with Crippen molar-refractivity contribution in [3.8, 4) is 11.3 Å². The predicted molar refractivity (Wildman–Crippen MR) is 110 cm³/mol. The van der Waals surface area contributed by atoms with Crippen LogP contribution < -0.4 is 5.32 Å². The summed E-state index contributed by atoms with van der Waals surface area (Å²) < 4.78 is 9.49. The lowest BCUT2D eigenvalue weighted by atomic mass is 10.1. The first kappa shape index (κ1) is 19.0. The van der Waals surface area contributed by atoms with Crippen molar-refractivity contribution < 1.29 is 4.74 Å². The molecule has 4 rings (SSSR count). The zero-order valence-corrected chi connectivity index (χ0v) is 16.8. The third kappa shape index (κ3) is 4.09. The van der Waals surface area contributed by atoms with Gasteiger partial charge >= 0.3 is 0 Å². The Morgan fingerprint density at radius 3 is 2.79 bits per heavy atom. The lowest BCUT2D eigenvalue weighted by molar-refractivity contribution is 0.0591. The topological polar surface area (TPSA) is 95.0 Å². The van der Waals surface area contributed by atoms with E-state index in [4.69, 9.17) is 4.74 Å². The van der Waals surface area contributed by atoms with Gasteiger partial charge in [-0.05, 0) is 31.5 Å². The Morgan fingerprint density at radius 1 is 1.14 bits per heavy atom. The Balaban J connectivity index is 1.58. The lowest BCUT2D eigenvalue weighted by Gasteiger charge is -2.13. The van der Waals surface area contributed by atoms with Crippen LogP contribution in [0.4, 0.5) is 11.8 Å². The molecule has 0 aliphatic carbocycles. The van der Waals surface area contributed by atoms with Crippen molar-refractivity contribution in [1.29, 1.82) is 0 Å². The monoisotopic (exact) mass is 392 g/mol. The molecule has 0 saturated carbocycles. The van der Waals surface area contributed by atoms with Crippen molar-refractivity contribution in [1.82, 2.24) is 34.3 Å². The third-order valence-electron chi connectivity index (χ3n) is 4.76. The third-order valence-corrected chi connectivity index (χ3v) is 4.76. The molecule has 4 aromatic rings. The van der Waals surface area contributed by atoms with Gasteiger partial charge in [-0.2, -0.15) is 5.10 Å². The Labute approximate surface area is 168 Å². The van der Waals surface area contributed by atoms with Gasteiger partial charge < -0.3 is 10.1 Å². The number of hydrogen-bond acceptors (Lipinski definition) is 7. The van der Waals surface area contributed by atoms with Crippen LogP contribution in [-0.2, 0) is 18.2 Å². The second kappa shape index (κ2) is 8.36. The van der Waals surface area contributed by atoms with Crippen LogP contribution in [0.3, 0.4) is 0 Å². The first-order valence-corrected chi connectivity index (χ1v) is 9.71. The van der Waals surface area contributed by atoms with E-state index in [1.54, 1.807) is 17.1 Å². The highest BCUT2D eigenvalue weighted by Crippen LogP contribution is 2.21. The number of hydrogen-bond donors (Lipinski definition) is 1. The SMILES string of the molecule is CCOC(CC)Cc1nnc2cc(-c3ccnc(Nc4ccnn4C)n3)ccn12. The number of nitrogens with one attached hydrogen (secondary N) is 1. The molecule has 0 bridgehead atoms. The fourth-order valence-electron chi connectivity index (χ4n) is 3.19. The fourth-order valence-corrected chi connectivity index (χ4v) is 3.19. The first-order valence-electron chi connectivity index (χ1n) is 9.71. The van der Waals surface area contributed by atoms with Gasteiger partial charge in [0.2, 0.25) is 5.95 Å². The highest BCUT2D eigenvalue weighted by molar-refractivity contribution is 5.65. The van der Waals surface area contributed by atoms with E-state index in [-0.39, 0.29) is 6.10 Å². The smallest absolute Gasteiger partial charge is 0.228 e. The minimum atomic E-state index is 0.148. The number of anilines is 2. The summed E-state index contributed by atoms with van der Waals surface area (Å²) in [7, 11) is 1.86. The molecule has 0 radical (unpaired) electrons. The second-order valence-electron chi connectivity index (χ2n) is 6.68. The van der Waals surface area contributed by atoms with Crippen molar-refractivity contribution in [3.05, 3.63) is 48.7 Å². The number of pyridine rings is 1. The maximum absolute atomic E-state index is 5.76. The Bertz CT molecular complexity index is 1100. The molecule has 150 valence electrons. The molecule has 1 N–H and O–H groups in total. The highest BCUT2D eigenvalue weighted by Gasteiger charge is 2.14. The van der Waals surface area contributed by atoms with Gasteiger partial charge in [0, 0.05) is 44.1 Å². The van der Waals surface area contributed by atoms with Gasteiger partial charge in [-0.3, -0.25) is 9.08 Å². The van der Waals surface area contributed by atoms with Gasteiger partial charge in [-0.15, -0.1) is 10.2 Å². The maximum Gasteiger partial charge on any atom is 0.228 e. The standard InChI is InChI=1S/C20H24N8O/c1-4-15(29-5-2)13-19-26-25-18-12-14(8-11-28(18)19)16-6-9-21-20(23-16)24-17-7-10-22-27(17)3/h6-12,15H,4-5,13H2,1-3H3,(H,21,23,24). The highest BCUT2D eigenvalue weighted by atomic mass is 16.5. The van der Waals surface area contributed by atoms with E-state index in [0.29, 0.717) is 12.6 Å². The number of aryl methyl sites for hydroxylation is 1. The molecule has 0 aliphatic heterocycles. The number of aromatic nitrogens is 7. The van der Waals surface area contributed by atoms with E-state index in [1.807, 2.05) is 48.8 Å². The number of rotatable bonds is 8. The molecule has 9 heteroatoms. The van der Waals surface area contributed by atoms with Gasteiger partial charge in [-0.1, -0.05) is 6.92 Å². The molecule has 9 nitrogen and oxygen atoms in total. The Morgan fingerprint density at radius 2 is 2.03 bits per heavy atom. The summed E-state index contributed by atoms with van der Waals surface area (Å²) in [5.74, 6) is 2.23. The molecule has 0 spiro atoms. The molecule has 1 unspecified atom stereocenters. The molecule has 0 aliphatic rings. The van der Waals surface area contributed by atoms with Gasteiger partial charge in [0.15, 0.2) is 5.65 Å². The van der Waals surface area contributed by atoms with Crippen LogP contribution in [0.15, 0.2) is 42.9 Å². The summed E-state index contributed by atoms with van der Waals surface area (Å²) in [4.78, 5) is 8.91. The summed E-state index contributed by atoms with van der Waals surface area (Å²) in [6, 6.07) is 7.73. The van der Waals surface area contributed by atoms with E-state index >= 15 is 0 Å². The Kier molecular flexibility index (Phi) is 5.48. The van der Waals surface area contributed by atoms with Crippen molar-refractivity contribution >= 4 is 17.4 Å². The summed E-state index contributed by atoms with van der Waals surface area (Å²) >= 11 is 0. The van der Waals surface area contributed by atoms with Crippen molar-refractivity contribution in [3.63, 3.8) is 0 Å². The zero-order valence-electron chi connectivity index (χ0n) is 16.8. The van der Waals surface area contributed by atoms with Crippen LogP contribution in [0.1, 0.15) is 26.1 Å². The minimum Gasteiger partial charge on any atom is -0.378 e. The van der Waals surface area contributed by atoms with Crippen LogP contribution >= 0.6 is 0 Å². The van der Waals surface area contributed by atoms with Crippen LogP contribution in [-0.4, -0.2) is 47.1 Å². The quantitative estimate of drug-likeness (QED) is 0.492. The largest absolute Gasteiger partial charge is 0.378 e. The van der Waals surface area contributed by atoms with Gasteiger partial charge in [-0.25, -0.2) is 9.97 Å². The summed E-state index contributed by atoms with van der Waals surface area (Å²) in [5, 5.41) is 16.0. The predicted octanol–water partition coefficient (Wildman–Crippen LogP) is 3.02. The fraction of sp³-hybridized carbons (Fsp3) is 0.350. The van der Waals surface area contributed by atoms with Crippen molar-refractivity contribution in [2.24, 2.45) is 7.05 Å². The second-order valence-corrected chi connectivity index (χ2v) is 6.68. The van der Waals surface area contributed by atoms with E-state index in [1.165, 1.54) is 0 Å². The van der Waals surface area contributed by atoms with Gasteiger partial charge in [0.05, 0.1) is 18.0 Å². The Hall–Kier alpha value is -3.33. The molecule has 0 saturated heterocycles. The number of fused-ring (bicyclic) bond motifs is 1. The molecule has 4 heterocycles. The average molecular weight is 392 g/mol. The first-order chi connectivity index (χ1) is 14.2.